The molecular weight excluding hydrogens is 367 g/mol. The summed E-state index contributed by atoms with van der Waals surface area (Å²) >= 11 is 13.2. The van der Waals surface area contributed by atoms with E-state index in [0.29, 0.717) is 16.6 Å². The van der Waals surface area contributed by atoms with Crippen LogP contribution in [-0.4, -0.2) is 17.1 Å². The van der Waals surface area contributed by atoms with E-state index in [0.717, 1.165) is 16.1 Å². The van der Waals surface area contributed by atoms with Crippen molar-refractivity contribution in [2.45, 2.75) is 23.1 Å². The molecule has 2 aromatic rings. The largest absolute Gasteiger partial charge is 0.352 e. The summed E-state index contributed by atoms with van der Waals surface area (Å²) in [6.07, 6.45) is 0.117. The Labute approximate surface area is 153 Å². The van der Waals surface area contributed by atoms with E-state index in [1.54, 1.807) is 18.2 Å². The standard InChI is InChI=1S/C17H14Cl2N2O2S/c18-11-6-5-10(7-12(11)19)9-20-16(22)8-15-17(23)21-13-3-1-2-4-14(13)24-15/h1-7,15H,8-9H2,(H,20,22)(H,21,23)/t15-/m1/s1. The number of thioether (sulfide) groups is 1. The van der Waals surface area contributed by atoms with E-state index in [9.17, 15) is 9.59 Å². The molecule has 7 heteroatoms. The first-order valence-electron chi connectivity index (χ1n) is 7.30. The van der Waals surface area contributed by atoms with E-state index in [1.807, 2.05) is 24.3 Å². The summed E-state index contributed by atoms with van der Waals surface area (Å²) in [6, 6.07) is 12.7. The number of rotatable bonds is 4. The van der Waals surface area contributed by atoms with E-state index in [4.69, 9.17) is 23.2 Å². The van der Waals surface area contributed by atoms with Crippen LogP contribution in [0.15, 0.2) is 47.4 Å². The molecule has 0 aromatic heterocycles. The summed E-state index contributed by atoms with van der Waals surface area (Å²) in [4.78, 5) is 25.2. The van der Waals surface area contributed by atoms with Gasteiger partial charge in [0.15, 0.2) is 0 Å². The maximum atomic E-state index is 12.1. The van der Waals surface area contributed by atoms with Gasteiger partial charge < -0.3 is 10.6 Å². The number of hydrogen-bond donors (Lipinski definition) is 2. The summed E-state index contributed by atoms with van der Waals surface area (Å²) in [6.45, 7) is 0.339. The Kier molecular flexibility index (Phi) is 5.33. The van der Waals surface area contributed by atoms with Gasteiger partial charge in [-0.05, 0) is 29.8 Å². The van der Waals surface area contributed by atoms with E-state index in [2.05, 4.69) is 10.6 Å². The Balaban J connectivity index is 1.57. The Bertz CT molecular complexity index is 798. The lowest BCUT2D eigenvalue weighted by atomic mass is 10.2. The molecule has 0 fully saturated rings. The van der Waals surface area contributed by atoms with E-state index in [-0.39, 0.29) is 18.2 Å². The Morgan fingerprint density at radius 2 is 1.96 bits per heavy atom. The van der Waals surface area contributed by atoms with Crippen LogP contribution in [0.5, 0.6) is 0 Å². The third-order valence-electron chi connectivity index (χ3n) is 3.55. The molecule has 2 amide bonds. The second kappa shape index (κ2) is 7.47. The predicted molar refractivity (Wildman–Crippen MR) is 97.6 cm³/mol. The molecule has 24 heavy (non-hydrogen) atoms. The van der Waals surface area contributed by atoms with Crippen molar-refractivity contribution in [3.05, 3.63) is 58.1 Å². The zero-order valence-corrected chi connectivity index (χ0v) is 14.8. The second-order valence-electron chi connectivity index (χ2n) is 5.32. The van der Waals surface area contributed by atoms with Crippen molar-refractivity contribution in [3.8, 4) is 0 Å². The summed E-state index contributed by atoms with van der Waals surface area (Å²) in [5, 5.41) is 6.12. The number of nitrogens with one attached hydrogen (secondary N) is 2. The van der Waals surface area contributed by atoms with Crippen molar-refractivity contribution in [1.29, 1.82) is 0 Å². The number of fused-ring (bicyclic) bond motifs is 1. The first-order chi connectivity index (χ1) is 11.5. The molecule has 1 atom stereocenters. The van der Waals surface area contributed by atoms with Crippen molar-refractivity contribution >= 4 is 52.5 Å². The number of amides is 2. The Hall–Kier alpha value is -1.69. The molecule has 0 aliphatic carbocycles. The summed E-state index contributed by atoms with van der Waals surface area (Å²) in [5.74, 6) is -0.337. The molecule has 0 bridgehead atoms. The molecule has 1 aliphatic rings. The fraction of sp³-hybridized carbons (Fsp3) is 0.176. The molecule has 2 aromatic carbocycles. The van der Waals surface area contributed by atoms with Crippen molar-refractivity contribution in [1.82, 2.24) is 5.32 Å². The van der Waals surface area contributed by atoms with E-state index < -0.39 is 5.25 Å². The van der Waals surface area contributed by atoms with Gasteiger partial charge in [-0.15, -0.1) is 11.8 Å². The van der Waals surface area contributed by atoms with Gasteiger partial charge in [0.25, 0.3) is 0 Å². The van der Waals surface area contributed by atoms with Gasteiger partial charge in [0.1, 0.15) is 0 Å². The minimum Gasteiger partial charge on any atom is -0.352 e. The van der Waals surface area contributed by atoms with Crippen LogP contribution in [0.25, 0.3) is 0 Å². The van der Waals surface area contributed by atoms with Crippen LogP contribution in [0.2, 0.25) is 10.0 Å². The molecule has 2 N–H and O–H groups in total. The average molecular weight is 381 g/mol. The molecule has 0 unspecified atom stereocenters. The zero-order chi connectivity index (χ0) is 17.1. The number of hydrogen-bond acceptors (Lipinski definition) is 3. The maximum Gasteiger partial charge on any atom is 0.238 e. The third kappa shape index (κ3) is 4.04. The lowest BCUT2D eigenvalue weighted by Crippen LogP contribution is -2.34. The van der Waals surface area contributed by atoms with Crippen LogP contribution in [0.3, 0.4) is 0 Å². The average Bonchev–Trinajstić information content (AvgIpc) is 2.56. The van der Waals surface area contributed by atoms with Gasteiger partial charge in [0, 0.05) is 17.9 Å². The molecule has 1 heterocycles. The van der Waals surface area contributed by atoms with Crippen LogP contribution >= 0.6 is 35.0 Å². The van der Waals surface area contributed by atoms with Crippen LogP contribution < -0.4 is 10.6 Å². The summed E-state index contributed by atoms with van der Waals surface area (Å²) in [5.41, 5.74) is 1.64. The van der Waals surface area contributed by atoms with E-state index >= 15 is 0 Å². The minimum atomic E-state index is -0.436. The van der Waals surface area contributed by atoms with Crippen LogP contribution in [-0.2, 0) is 16.1 Å². The van der Waals surface area contributed by atoms with Crippen LogP contribution in [0, 0.1) is 0 Å². The first kappa shape index (κ1) is 17.1. The number of benzene rings is 2. The topological polar surface area (TPSA) is 58.2 Å². The molecule has 0 saturated heterocycles. The highest BCUT2D eigenvalue weighted by atomic mass is 35.5. The highest BCUT2D eigenvalue weighted by Crippen LogP contribution is 2.36. The quantitative estimate of drug-likeness (QED) is 0.838. The van der Waals surface area contributed by atoms with Crippen molar-refractivity contribution in [2.75, 3.05) is 5.32 Å². The molecule has 0 saturated carbocycles. The summed E-state index contributed by atoms with van der Waals surface area (Å²) in [7, 11) is 0. The van der Waals surface area contributed by atoms with Crippen molar-refractivity contribution in [2.24, 2.45) is 0 Å². The fourth-order valence-electron chi connectivity index (χ4n) is 2.32. The minimum absolute atomic E-state index is 0.117. The summed E-state index contributed by atoms with van der Waals surface area (Å²) < 4.78 is 0. The fourth-order valence-corrected chi connectivity index (χ4v) is 3.75. The molecule has 3 rings (SSSR count). The molecule has 4 nitrogen and oxygen atoms in total. The van der Waals surface area contributed by atoms with Crippen molar-refractivity contribution < 1.29 is 9.59 Å². The number of anilines is 1. The molecule has 0 spiro atoms. The SMILES string of the molecule is O=C(C[C@H]1Sc2ccccc2NC1=O)NCc1ccc(Cl)c(Cl)c1. The Morgan fingerprint density at radius 3 is 2.75 bits per heavy atom. The lowest BCUT2D eigenvalue weighted by molar-refractivity contribution is -0.124. The number of halogens is 2. The highest BCUT2D eigenvalue weighted by molar-refractivity contribution is 8.01. The van der Waals surface area contributed by atoms with E-state index in [1.165, 1.54) is 11.8 Å². The van der Waals surface area contributed by atoms with Gasteiger partial charge in [0.05, 0.1) is 21.0 Å². The third-order valence-corrected chi connectivity index (χ3v) is 5.57. The zero-order valence-electron chi connectivity index (χ0n) is 12.5. The predicted octanol–water partition coefficient (Wildman–Crippen LogP) is 4.11. The normalized spacial score (nSPS) is 16.2. The highest BCUT2D eigenvalue weighted by Gasteiger charge is 2.28. The monoisotopic (exact) mass is 380 g/mol. The molecule has 1 aliphatic heterocycles. The lowest BCUT2D eigenvalue weighted by Gasteiger charge is -2.23. The maximum absolute atomic E-state index is 12.1. The number of carbonyl (C=O) groups is 2. The van der Waals surface area contributed by atoms with Gasteiger partial charge in [-0.2, -0.15) is 0 Å². The number of para-hydroxylation sites is 1. The molecule has 124 valence electrons. The molecule has 0 radical (unpaired) electrons. The van der Waals surface area contributed by atoms with Gasteiger partial charge >= 0.3 is 0 Å². The molecular formula is C17H14Cl2N2O2S. The number of carbonyl (C=O) groups excluding carboxylic acids is 2. The Morgan fingerprint density at radius 1 is 1.17 bits per heavy atom. The van der Waals surface area contributed by atoms with Crippen LogP contribution in [0.1, 0.15) is 12.0 Å². The van der Waals surface area contributed by atoms with Crippen LogP contribution in [0.4, 0.5) is 5.69 Å². The smallest absolute Gasteiger partial charge is 0.238 e. The van der Waals surface area contributed by atoms with Gasteiger partial charge in [-0.1, -0.05) is 41.4 Å². The van der Waals surface area contributed by atoms with Crippen molar-refractivity contribution in [3.63, 3.8) is 0 Å². The van der Waals surface area contributed by atoms with Gasteiger partial charge in [0.2, 0.25) is 11.8 Å². The second-order valence-corrected chi connectivity index (χ2v) is 7.38. The van der Waals surface area contributed by atoms with Gasteiger partial charge in [-0.3, -0.25) is 9.59 Å². The first-order valence-corrected chi connectivity index (χ1v) is 8.93. The van der Waals surface area contributed by atoms with Gasteiger partial charge in [-0.25, -0.2) is 0 Å².